The van der Waals surface area contributed by atoms with Gasteiger partial charge in [0.25, 0.3) is 0 Å². The molecule has 1 atom stereocenters. The zero-order valence-corrected chi connectivity index (χ0v) is 9.03. The lowest BCUT2D eigenvalue weighted by Crippen LogP contribution is -2.33. The third kappa shape index (κ3) is 2.15. The first-order chi connectivity index (χ1) is 7.70. The smallest absolute Gasteiger partial charge is 0.223 e. The monoisotopic (exact) mass is 222 g/mol. The van der Waals surface area contributed by atoms with E-state index in [1.165, 1.54) is 0 Å². The van der Waals surface area contributed by atoms with Gasteiger partial charge in [0.05, 0.1) is 6.04 Å². The number of carbonyl (C=O) groups is 1. The van der Waals surface area contributed by atoms with Crippen LogP contribution < -0.4 is 5.73 Å². The zero-order valence-electron chi connectivity index (χ0n) is 9.03. The van der Waals surface area contributed by atoms with Gasteiger partial charge >= 0.3 is 0 Å². The lowest BCUT2D eigenvalue weighted by Gasteiger charge is -2.22. The van der Waals surface area contributed by atoms with Crippen molar-refractivity contribution in [2.24, 2.45) is 0 Å². The molecule has 1 saturated heterocycles. The number of rotatable bonds is 3. The standard InChI is InChI=1S/C12H15FN2O/c13-7-11-5-6-12(16)15(11)8-9-1-3-10(14)4-2-9/h1-4,11H,5-8,14H2. The lowest BCUT2D eigenvalue weighted by molar-refractivity contribution is -0.129. The summed E-state index contributed by atoms with van der Waals surface area (Å²) in [6.45, 7) is 0.0222. The molecule has 16 heavy (non-hydrogen) atoms. The van der Waals surface area contributed by atoms with Crippen molar-refractivity contribution in [3.05, 3.63) is 29.8 Å². The minimum Gasteiger partial charge on any atom is -0.399 e. The van der Waals surface area contributed by atoms with Gasteiger partial charge in [-0.3, -0.25) is 4.79 Å². The Balaban J connectivity index is 2.08. The van der Waals surface area contributed by atoms with Crippen molar-refractivity contribution in [2.75, 3.05) is 12.4 Å². The number of halogens is 1. The van der Waals surface area contributed by atoms with Crippen LogP contribution in [0.4, 0.5) is 10.1 Å². The molecule has 1 unspecified atom stereocenters. The van der Waals surface area contributed by atoms with Gasteiger partial charge in [-0.2, -0.15) is 0 Å². The molecule has 4 heteroatoms. The van der Waals surface area contributed by atoms with Crippen molar-refractivity contribution in [2.45, 2.75) is 25.4 Å². The summed E-state index contributed by atoms with van der Waals surface area (Å²) in [6.07, 6.45) is 1.09. The Morgan fingerprint density at radius 3 is 2.69 bits per heavy atom. The topological polar surface area (TPSA) is 46.3 Å². The van der Waals surface area contributed by atoms with E-state index in [1.807, 2.05) is 12.1 Å². The van der Waals surface area contributed by atoms with Gasteiger partial charge in [-0.05, 0) is 24.1 Å². The van der Waals surface area contributed by atoms with Gasteiger partial charge in [0, 0.05) is 18.7 Å². The van der Waals surface area contributed by atoms with Gasteiger partial charge in [0.1, 0.15) is 6.67 Å². The maximum Gasteiger partial charge on any atom is 0.223 e. The number of carbonyl (C=O) groups excluding carboxylic acids is 1. The molecule has 1 aromatic carbocycles. The molecule has 1 aliphatic rings. The van der Waals surface area contributed by atoms with E-state index in [2.05, 4.69) is 0 Å². The maximum atomic E-state index is 12.7. The highest BCUT2D eigenvalue weighted by molar-refractivity contribution is 5.78. The van der Waals surface area contributed by atoms with Gasteiger partial charge in [-0.25, -0.2) is 4.39 Å². The van der Waals surface area contributed by atoms with Crippen LogP contribution in [0.2, 0.25) is 0 Å². The second-order valence-corrected chi connectivity index (χ2v) is 4.11. The van der Waals surface area contributed by atoms with E-state index in [-0.39, 0.29) is 11.9 Å². The van der Waals surface area contributed by atoms with E-state index in [1.54, 1.807) is 17.0 Å². The Morgan fingerprint density at radius 1 is 1.38 bits per heavy atom. The van der Waals surface area contributed by atoms with E-state index in [0.29, 0.717) is 25.1 Å². The summed E-state index contributed by atoms with van der Waals surface area (Å²) in [4.78, 5) is 13.2. The normalized spacial score (nSPS) is 20.4. The summed E-state index contributed by atoms with van der Waals surface area (Å²) in [5.74, 6) is 0.0412. The predicted molar refractivity (Wildman–Crippen MR) is 60.4 cm³/mol. The number of nitrogens with two attached hydrogens (primary N) is 1. The molecule has 3 nitrogen and oxygen atoms in total. The van der Waals surface area contributed by atoms with Crippen LogP contribution in [0.25, 0.3) is 0 Å². The van der Waals surface area contributed by atoms with Crippen LogP contribution in [0.5, 0.6) is 0 Å². The number of alkyl halides is 1. The molecule has 2 N–H and O–H groups in total. The number of anilines is 1. The van der Waals surface area contributed by atoms with Crippen molar-refractivity contribution in [3.63, 3.8) is 0 Å². The second-order valence-electron chi connectivity index (χ2n) is 4.11. The van der Waals surface area contributed by atoms with Crippen molar-refractivity contribution in [3.8, 4) is 0 Å². The molecule has 0 saturated carbocycles. The Bertz CT molecular complexity index is 377. The van der Waals surface area contributed by atoms with Crippen LogP contribution in [-0.2, 0) is 11.3 Å². The van der Waals surface area contributed by atoms with E-state index in [4.69, 9.17) is 5.73 Å². The number of benzene rings is 1. The Labute approximate surface area is 94.0 Å². The minimum atomic E-state index is -0.458. The summed E-state index contributed by atoms with van der Waals surface area (Å²) >= 11 is 0. The number of hydrogen-bond acceptors (Lipinski definition) is 2. The van der Waals surface area contributed by atoms with Crippen LogP contribution in [0.1, 0.15) is 18.4 Å². The number of hydrogen-bond donors (Lipinski definition) is 1. The third-order valence-corrected chi connectivity index (χ3v) is 2.96. The maximum absolute atomic E-state index is 12.7. The Kier molecular flexibility index (Phi) is 3.08. The van der Waals surface area contributed by atoms with Crippen molar-refractivity contribution in [1.82, 2.24) is 4.90 Å². The number of amides is 1. The molecule has 1 aliphatic heterocycles. The number of nitrogens with zero attached hydrogens (tertiary/aromatic N) is 1. The summed E-state index contributed by atoms with van der Waals surface area (Å²) in [6, 6.07) is 7.08. The molecule has 0 spiro atoms. The summed E-state index contributed by atoms with van der Waals surface area (Å²) in [5.41, 5.74) is 7.26. The Hall–Kier alpha value is -1.58. The van der Waals surface area contributed by atoms with Crippen LogP contribution >= 0.6 is 0 Å². The molecule has 0 radical (unpaired) electrons. The van der Waals surface area contributed by atoms with Gasteiger partial charge in [0.15, 0.2) is 0 Å². The first-order valence-electron chi connectivity index (χ1n) is 5.40. The van der Waals surface area contributed by atoms with Crippen molar-refractivity contribution in [1.29, 1.82) is 0 Å². The van der Waals surface area contributed by atoms with Crippen LogP contribution in [-0.4, -0.2) is 23.5 Å². The van der Waals surface area contributed by atoms with Crippen molar-refractivity contribution < 1.29 is 9.18 Å². The zero-order chi connectivity index (χ0) is 11.5. The average Bonchev–Trinajstić information content (AvgIpc) is 2.63. The van der Waals surface area contributed by atoms with Crippen LogP contribution in [0.15, 0.2) is 24.3 Å². The molecule has 1 aromatic rings. The van der Waals surface area contributed by atoms with Crippen LogP contribution in [0, 0.1) is 0 Å². The fourth-order valence-electron chi connectivity index (χ4n) is 1.99. The molecule has 2 rings (SSSR count). The number of likely N-dealkylation sites (tertiary alicyclic amines) is 1. The molecule has 0 aromatic heterocycles. The third-order valence-electron chi connectivity index (χ3n) is 2.96. The summed E-state index contributed by atoms with van der Waals surface area (Å²) in [7, 11) is 0. The van der Waals surface area contributed by atoms with Gasteiger partial charge in [0.2, 0.25) is 5.91 Å². The largest absolute Gasteiger partial charge is 0.399 e. The average molecular weight is 222 g/mol. The fourth-order valence-corrected chi connectivity index (χ4v) is 1.99. The quantitative estimate of drug-likeness (QED) is 0.792. The van der Waals surface area contributed by atoms with E-state index < -0.39 is 6.67 Å². The van der Waals surface area contributed by atoms with Gasteiger partial charge in [-0.15, -0.1) is 0 Å². The van der Waals surface area contributed by atoms with Gasteiger partial charge < -0.3 is 10.6 Å². The van der Waals surface area contributed by atoms with E-state index in [9.17, 15) is 9.18 Å². The molecule has 0 aliphatic carbocycles. The lowest BCUT2D eigenvalue weighted by atomic mass is 10.2. The minimum absolute atomic E-state index is 0.0412. The molecular weight excluding hydrogens is 207 g/mol. The Morgan fingerprint density at radius 2 is 2.06 bits per heavy atom. The van der Waals surface area contributed by atoms with E-state index in [0.717, 1.165) is 5.56 Å². The first kappa shape index (κ1) is 10.9. The molecular formula is C12H15FN2O. The predicted octanol–water partition coefficient (Wildman–Crippen LogP) is 1.73. The molecule has 86 valence electrons. The molecule has 1 heterocycles. The van der Waals surface area contributed by atoms with Crippen molar-refractivity contribution >= 4 is 11.6 Å². The molecule has 1 amide bonds. The highest BCUT2D eigenvalue weighted by Gasteiger charge is 2.30. The first-order valence-corrected chi connectivity index (χ1v) is 5.40. The summed E-state index contributed by atoms with van der Waals surface area (Å²) < 4.78 is 12.7. The highest BCUT2D eigenvalue weighted by Crippen LogP contribution is 2.22. The van der Waals surface area contributed by atoms with Crippen LogP contribution in [0.3, 0.4) is 0 Å². The van der Waals surface area contributed by atoms with Gasteiger partial charge in [-0.1, -0.05) is 12.1 Å². The summed E-state index contributed by atoms with van der Waals surface area (Å²) in [5, 5.41) is 0. The molecule has 1 fully saturated rings. The fraction of sp³-hybridized carbons (Fsp3) is 0.417. The molecule has 0 bridgehead atoms. The SMILES string of the molecule is Nc1ccc(CN2C(=O)CCC2CF)cc1. The van der Waals surface area contributed by atoms with E-state index >= 15 is 0 Å². The highest BCUT2D eigenvalue weighted by atomic mass is 19.1. The second kappa shape index (κ2) is 4.51. The number of nitrogen functional groups attached to an aromatic ring is 1.